The number of likely N-dealkylation sites (N-methyl/N-ethyl adjacent to an activating group) is 1. The maximum Gasteiger partial charge on any atom is 0.241 e. The van der Waals surface area contributed by atoms with Crippen LogP contribution < -0.4 is 5.32 Å². The Morgan fingerprint density at radius 2 is 2.21 bits per heavy atom. The van der Waals surface area contributed by atoms with Gasteiger partial charge in [0.2, 0.25) is 11.8 Å². The smallest absolute Gasteiger partial charge is 0.241 e. The maximum atomic E-state index is 11.4. The topological polar surface area (TPSA) is 58.6 Å². The molecule has 1 heterocycles. The van der Waals surface area contributed by atoms with Gasteiger partial charge < -0.3 is 15.0 Å². The highest BCUT2D eigenvalue weighted by Gasteiger charge is 2.23. The molecule has 80 valence electrons. The van der Waals surface area contributed by atoms with Crippen LogP contribution in [0, 0.1) is 5.92 Å². The van der Waals surface area contributed by atoms with Gasteiger partial charge in [0.15, 0.2) is 0 Å². The van der Waals surface area contributed by atoms with E-state index in [1.165, 1.54) is 4.90 Å². The molecular formula is C9H16N2O3. The standard InChI is InChI=1S/C9H16N2O3/c1-11(2)8(12)5-10-9(13)7-3-4-14-6-7/h7H,3-6H2,1-2H3,(H,10,13). The van der Waals surface area contributed by atoms with Crippen LogP contribution in [0.4, 0.5) is 0 Å². The van der Waals surface area contributed by atoms with Crippen molar-refractivity contribution in [1.29, 1.82) is 0 Å². The SMILES string of the molecule is CN(C)C(=O)CNC(=O)C1CCOC1. The van der Waals surface area contributed by atoms with Gasteiger partial charge in [-0.1, -0.05) is 0 Å². The van der Waals surface area contributed by atoms with E-state index in [0.29, 0.717) is 13.2 Å². The summed E-state index contributed by atoms with van der Waals surface area (Å²) in [7, 11) is 3.32. The number of carbonyl (C=O) groups is 2. The largest absolute Gasteiger partial charge is 0.381 e. The second-order valence-corrected chi connectivity index (χ2v) is 3.57. The molecule has 1 atom stereocenters. The Kier molecular flexibility index (Phi) is 3.88. The van der Waals surface area contributed by atoms with Crippen LogP contribution in [-0.4, -0.2) is 50.6 Å². The third kappa shape index (κ3) is 2.99. The van der Waals surface area contributed by atoms with Gasteiger partial charge in [-0.25, -0.2) is 0 Å². The third-order valence-electron chi connectivity index (χ3n) is 2.21. The summed E-state index contributed by atoms with van der Waals surface area (Å²) in [4.78, 5) is 24.0. The van der Waals surface area contributed by atoms with Gasteiger partial charge in [0.05, 0.1) is 19.1 Å². The second kappa shape index (κ2) is 4.95. The Bertz CT molecular complexity index is 222. The van der Waals surface area contributed by atoms with Gasteiger partial charge in [-0.3, -0.25) is 9.59 Å². The van der Waals surface area contributed by atoms with E-state index < -0.39 is 0 Å². The summed E-state index contributed by atoms with van der Waals surface area (Å²) in [6.07, 6.45) is 0.752. The normalized spacial score (nSPS) is 20.6. The lowest BCUT2D eigenvalue weighted by atomic mass is 10.1. The molecule has 1 saturated heterocycles. The van der Waals surface area contributed by atoms with Crippen molar-refractivity contribution in [2.45, 2.75) is 6.42 Å². The summed E-state index contributed by atoms with van der Waals surface area (Å²) >= 11 is 0. The molecule has 1 rings (SSSR count). The van der Waals surface area contributed by atoms with E-state index in [9.17, 15) is 9.59 Å². The first-order chi connectivity index (χ1) is 6.61. The monoisotopic (exact) mass is 200 g/mol. The Morgan fingerprint density at radius 3 is 2.71 bits per heavy atom. The van der Waals surface area contributed by atoms with Crippen LogP contribution in [0.1, 0.15) is 6.42 Å². The molecule has 0 aromatic carbocycles. The van der Waals surface area contributed by atoms with Gasteiger partial charge in [-0.05, 0) is 6.42 Å². The van der Waals surface area contributed by atoms with E-state index in [1.807, 2.05) is 0 Å². The number of amides is 2. The van der Waals surface area contributed by atoms with Crippen molar-refractivity contribution < 1.29 is 14.3 Å². The van der Waals surface area contributed by atoms with Crippen molar-refractivity contribution in [3.05, 3.63) is 0 Å². The summed E-state index contributed by atoms with van der Waals surface area (Å²) in [6.45, 7) is 1.18. The van der Waals surface area contributed by atoms with Gasteiger partial charge in [0.25, 0.3) is 0 Å². The minimum atomic E-state index is -0.0998. The Hall–Kier alpha value is -1.10. The Labute approximate surface area is 83.4 Å². The van der Waals surface area contributed by atoms with Crippen LogP contribution in [-0.2, 0) is 14.3 Å². The van der Waals surface area contributed by atoms with Crippen LogP contribution >= 0.6 is 0 Å². The predicted octanol–water partition coefficient (Wildman–Crippen LogP) is -0.773. The molecule has 0 spiro atoms. The fourth-order valence-electron chi connectivity index (χ4n) is 1.21. The van der Waals surface area contributed by atoms with Crippen LogP contribution in [0.2, 0.25) is 0 Å². The van der Waals surface area contributed by atoms with Crippen molar-refractivity contribution in [3.63, 3.8) is 0 Å². The molecule has 5 heteroatoms. The summed E-state index contributed by atoms with van der Waals surface area (Å²) in [5.74, 6) is -0.264. The highest BCUT2D eigenvalue weighted by molar-refractivity contribution is 5.85. The molecule has 1 fully saturated rings. The minimum Gasteiger partial charge on any atom is -0.381 e. The zero-order valence-electron chi connectivity index (χ0n) is 8.58. The highest BCUT2D eigenvalue weighted by Crippen LogP contribution is 2.11. The number of hydrogen-bond donors (Lipinski definition) is 1. The molecular weight excluding hydrogens is 184 g/mol. The first-order valence-electron chi connectivity index (χ1n) is 4.67. The molecule has 1 unspecified atom stereocenters. The maximum absolute atomic E-state index is 11.4. The van der Waals surface area contributed by atoms with Crippen molar-refractivity contribution >= 4 is 11.8 Å². The third-order valence-corrected chi connectivity index (χ3v) is 2.21. The zero-order valence-corrected chi connectivity index (χ0v) is 8.58. The summed E-state index contributed by atoms with van der Waals surface area (Å²) in [6, 6.07) is 0. The summed E-state index contributed by atoms with van der Waals surface area (Å²) < 4.78 is 5.08. The lowest BCUT2D eigenvalue weighted by molar-refractivity contribution is -0.132. The lowest BCUT2D eigenvalue weighted by Crippen LogP contribution is -2.39. The predicted molar refractivity (Wildman–Crippen MR) is 50.6 cm³/mol. The van der Waals surface area contributed by atoms with Crippen molar-refractivity contribution in [2.24, 2.45) is 5.92 Å². The van der Waals surface area contributed by atoms with Gasteiger partial charge in [-0.15, -0.1) is 0 Å². The Balaban J connectivity index is 2.23. The fourth-order valence-corrected chi connectivity index (χ4v) is 1.21. The van der Waals surface area contributed by atoms with E-state index >= 15 is 0 Å². The average Bonchev–Trinajstić information content (AvgIpc) is 2.66. The van der Waals surface area contributed by atoms with E-state index in [-0.39, 0.29) is 24.3 Å². The van der Waals surface area contributed by atoms with E-state index in [2.05, 4.69) is 5.32 Å². The van der Waals surface area contributed by atoms with E-state index in [4.69, 9.17) is 4.74 Å². The van der Waals surface area contributed by atoms with Crippen molar-refractivity contribution in [2.75, 3.05) is 33.9 Å². The lowest BCUT2D eigenvalue weighted by Gasteiger charge is -2.12. The molecule has 0 saturated carbocycles. The molecule has 0 radical (unpaired) electrons. The molecule has 1 aliphatic rings. The molecule has 0 aromatic rings. The fraction of sp³-hybridized carbons (Fsp3) is 0.778. The van der Waals surface area contributed by atoms with Crippen molar-refractivity contribution in [1.82, 2.24) is 10.2 Å². The van der Waals surface area contributed by atoms with Gasteiger partial charge in [0, 0.05) is 20.7 Å². The first kappa shape index (κ1) is 11.0. The van der Waals surface area contributed by atoms with Gasteiger partial charge >= 0.3 is 0 Å². The number of carbonyl (C=O) groups excluding carboxylic acids is 2. The van der Waals surface area contributed by atoms with Crippen LogP contribution in [0.3, 0.4) is 0 Å². The molecule has 2 amide bonds. The number of nitrogens with zero attached hydrogens (tertiary/aromatic N) is 1. The molecule has 14 heavy (non-hydrogen) atoms. The molecule has 0 aliphatic carbocycles. The number of rotatable bonds is 3. The average molecular weight is 200 g/mol. The Morgan fingerprint density at radius 1 is 1.50 bits per heavy atom. The van der Waals surface area contributed by atoms with Crippen LogP contribution in [0.25, 0.3) is 0 Å². The van der Waals surface area contributed by atoms with Gasteiger partial charge in [-0.2, -0.15) is 0 Å². The second-order valence-electron chi connectivity index (χ2n) is 3.57. The zero-order chi connectivity index (χ0) is 10.6. The number of hydrogen-bond acceptors (Lipinski definition) is 3. The molecule has 0 bridgehead atoms. The van der Waals surface area contributed by atoms with Crippen LogP contribution in [0.5, 0.6) is 0 Å². The molecule has 1 N–H and O–H groups in total. The van der Waals surface area contributed by atoms with E-state index in [1.54, 1.807) is 14.1 Å². The van der Waals surface area contributed by atoms with Crippen LogP contribution in [0.15, 0.2) is 0 Å². The summed E-state index contributed by atoms with van der Waals surface area (Å²) in [5.41, 5.74) is 0. The molecule has 0 aromatic heterocycles. The molecule has 5 nitrogen and oxygen atoms in total. The van der Waals surface area contributed by atoms with E-state index in [0.717, 1.165) is 6.42 Å². The highest BCUT2D eigenvalue weighted by atomic mass is 16.5. The first-order valence-corrected chi connectivity index (χ1v) is 4.67. The quantitative estimate of drug-likeness (QED) is 0.650. The number of ether oxygens (including phenoxy) is 1. The number of nitrogens with one attached hydrogen (secondary N) is 1. The van der Waals surface area contributed by atoms with Gasteiger partial charge in [0.1, 0.15) is 0 Å². The summed E-state index contributed by atoms with van der Waals surface area (Å²) in [5, 5.41) is 2.60. The molecule has 1 aliphatic heterocycles. The van der Waals surface area contributed by atoms with Crippen molar-refractivity contribution in [3.8, 4) is 0 Å². The minimum absolute atomic E-state index is 0.0718.